The second kappa shape index (κ2) is 8.13. The molecular formula is C19H19N3O4S. The topological polar surface area (TPSA) is 91.3 Å². The summed E-state index contributed by atoms with van der Waals surface area (Å²) in [7, 11) is 1.57. The number of hydrogen-bond donors (Lipinski definition) is 1. The number of rotatable bonds is 6. The molecule has 0 fully saturated rings. The first-order chi connectivity index (χ1) is 13.0. The lowest BCUT2D eigenvalue weighted by molar-refractivity contribution is -0.705. The van der Waals surface area contributed by atoms with Crippen LogP contribution in [0.2, 0.25) is 0 Å². The highest BCUT2D eigenvalue weighted by molar-refractivity contribution is 7.99. The Kier molecular flexibility index (Phi) is 5.66. The van der Waals surface area contributed by atoms with Gasteiger partial charge in [0.25, 0.3) is 5.03 Å². The number of nitrogens with one attached hydrogen (secondary N) is 1. The predicted octanol–water partition coefficient (Wildman–Crippen LogP) is 2.38. The van der Waals surface area contributed by atoms with Gasteiger partial charge in [0.1, 0.15) is 5.75 Å². The Bertz CT molecular complexity index is 954. The normalized spacial score (nSPS) is 10.6. The van der Waals surface area contributed by atoms with Crippen LogP contribution in [0.3, 0.4) is 0 Å². The van der Waals surface area contributed by atoms with Crippen molar-refractivity contribution < 1.29 is 23.8 Å². The molecule has 0 unspecified atom stereocenters. The van der Waals surface area contributed by atoms with Crippen LogP contribution in [0.5, 0.6) is 11.7 Å². The number of methoxy groups -OCH3 is 1. The van der Waals surface area contributed by atoms with E-state index < -0.39 is 5.95 Å². The van der Waals surface area contributed by atoms with Crippen molar-refractivity contribution in [2.24, 2.45) is 0 Å². The minimum absolute atomic E-state index is 0.0555. The summed E-state index contributed by atoms with van der Waals surface area (Å²) in [5.74, 6) is -0.0591. The number of anilines is 1. The van der Waals surface area contributed by atoms with E-state index in [1.54, 1.807) is 31.4 Å². The molecule has 7 nitrogen and oxygen atoms in total. The number of benzene rings is 2. The third-order valence-corrected chi connectivity index (χ3v) is 4.90. The molecule has 3 aromatic rings. The summed E-state index contributed by atoms with van der Waals surface area (Å²) in [4.78, 5) is 12.3. The maximum absolute atomic E-state index is 12.3. The maximum atomic E-state index is 12.3. The summed E-state index contributed by atoms with van der Waals surface area (Å²) >= 11 is 1.07. The molecule has 3 rings (SSSR count). The number of carbonyl (C=O) groups excluding carboxylic acids is 1. The van der Waals surface area contributed by atoms with Gasteiger partial charge in [-0.15, -0.1) is 0 Å². The average Bonchev–Trinajstić information content (AvgIpc) is 3.03. The Morgan fingerprint density at radius 1 is 1.26 bits per heavy atom. The van der Waals surface area contributed by atoms with Crippen LogP contribution in [0.25, 0.3) is 5.69 Å². The number of ether oxygens (including phenoxy) is 1. The van der Waals surface area contributed by atoms with Crippen molar-refractivity contribution in [2.45, 2.75) is 18.9 Å². The smallest absolute Gasteiger partial charge is 0.298 e. The third kappa shape index (κ3) is 4.40. The molecule has 0 spiro atoms. The zero-order valence-electron chi connectivity index (χ0n) is 15.2. The summed E-state index contributed by atoms with van der Waals surface area (Å²) in [6.45, 7) is 3.93. The summed E-state index contributed by atoms with van der Waals surface area (Å²) in [5.41, 5.74) is 3.50. The van der Waals surface area contributed by atoms with E-state index in [1.165, 1.54) is 4.68 Å². The molecule has 27 heavy (non-hydrogen) atoms. The van der Waals surface area contributed by atoms with Crippen molar-refractivity contribution in [3.63, 3.8) is 0 Å². The zero-order chi connectivity index (χ0) is 19.4. The largest absolute Gasteiger partial charge is 0.538 e. The molecule has 1 aromatic heterocycles. The highest BCUT2D eigenvalue weighted by Gasteiger charge is 2.22. The first kappa shape index (κ1) is 18.8. The molecule has 0 radical (unpaired) electrons. The molecule has 1 amide bonds. The molecule has 0 aliphatic carbocycles. The van der Waals surface area contributed by atoms with E-state index in [4.69, 9.17) is 9.26 Å². The van der Waals surface area contributed by atoms with Gasteiger partial charge < -0.3 is 19.7 Å². The van der Waals surface area contributed by atoms with Crippen LogP contribution in [0, 0.1) is 13.8 Å². The van der Waals surface area contributed by atoms with Crippen molar-refractivity contribution in [1.82, 2.24) is 5.27 Å². The van der Waals surface area contributed by atoms with Gasteiger partial charge in [0.05, 0.1) is 18.1 Å². The SMILES string of the molecule is COc1ccc(-[n+]2noc([O-])c2SCC(=O)Nc2ccc(C)cc2C)cc1. The second-order valence-corrected chi connectivity index (χ2v) is 6.89. The first-order valence-electron chi connectivity index (χ1n) is 8.21. The Hall–Kier alpha value is -3.00. The number of aryl methyl sites for hydroxylation is 2. The predicted molar refractivity (Wildman–Crippen MR) is 99.3 cm³/mol. The number of aromatic nitrogens is 2. The lowest BCUT2D eigenvalue weighted by Gasteiger charge is -2.08. The Labute approximate surface area is 160 Å². The molecule has 8 heteroatoms. The second-order valence-electron chi connectivity index (χ2n) is 5.93. The van der Waals surface area contributed by atoms with Crippen LogP contribution >= 0.6 is 11.8 Å². The van der Waals surface area contributed by atoms with Crippen molar-refractivity contribution in [1.29, 1.82) is 0 Å². The van der Waals surface area contributed by atoms with Gasteiger partial charge in [-0.05, 0) is 54.1 Å². The van der Waals surface area contributed by atoms with E-state index in [-0.39, 0.29) is 16.7 Å². The van der Waals surface area contributed by atoms with Gasteiger partial charge in [0.2, 0.25) is 11.6 Å². The summed E-state index contributed by atoms with van der Waals surface area (Å²) in [6.07, 6.45) is 0. The number of carbonyl (C=O) groups is 1. The van der Waals surface area contributed by atoms with Gasteiger partial charge >= 0.3 is 0 Å². The molecule has 0 aliphatic heterocycles. The van der Waals surface area contributed by atoms with Crippen LogP contribution < -0.4 is 19.8 Å². The Balaban J connectivity index is 1.70. The quantitative estimate of drug-likeness (QED) is 0.517. The molecule has 1 heterocycles. The third-order valence-electron chi connectivity index (χ3n) is 3.89. The summed E-state index contributed by atoms with van der Waals surface area (Å²) < 4.78 is 11.3. The lowest BCUT2D eigenvalue weighted by Crippen LogP contribution is -2.35. The van der Waals surface area contributed by atoms with Gasteiger partial charge in [-0.2, -0.15) is 0 Å². The monoisotopic (exact) mass is 385 g/mol. The summed E-state index contributed by atoms with van der Waals surface area (Å²) in [5, 5.41) is 18.8. The molecule has 1 N–H and O–H groups in total. The molecule has 2 aromatic carbocycles. The van der Waals surface area contributed by atoms with Gasteiger partial charge in [0.15, 0.2) is 5.95 Å². The molecule has 0 saturated heterocycles. The van der Waals surface area contributed by atoms with Gasteiger partial charge in [0, 0.05) is 17.8 Å². The van der Waals surface area contributed by atoms with E-state index in [0.717, 1.165) is 28.6 Å². The molecule has 0 saturated carbocycles. The Morgan fingerprint density at radius 2 is 2.00 bits per heavy atom. The van der Waals surface area contributed by atoms with Gasteiger partial charge in [-0.25, -0.2) is 0 Å². The summed E-state index contributed by atoms with van der Waals surface area (Å²) in [6, 6.07) is 12.8. The molecule has 0 aliphatic rings. The fourth-order valence-corrected chi connectivity index (χ4v) is 3.28. The van der Waals surface area contributed by atoms with E-state index in [0.29, 0.717) is 11.4 Å². The van der Waals surface area contributed by atoms with E-state index in [1.807, 2.05) is 32.0 Å². The number of thioether (sulfide) groups is 1. The fraction of sp³-hybridized carbons (Fsp3) is 0.211. The van der Waals surface area contributed by atoms with Crippen molar-refractivity contribution in [3.05, 3.63) is 53.6 Å². The molecular weight excluding hydrogens is 366 g/mol. The van der Waals surface area contributed by atoms with Crippen molar-refractivity contribution >= 4 is 23.4 Å². The first-order valence-corrected chi connectivity index (χ1v) is 9.20. The van der Waals surface area contributed by atoms with E-state index in [9.17, 15) is 9.90 Å². The minimum atomic E-state index is -0.588. The van der Waals surface area contributed by atoms with Crippen LogP contribution in [-0.4, -0.2) is 24.0 Å². The van der Waals surface area contributed by atoms with E-state index >= 15 is 0 Å². The van der Waals surface area contributed by atoms with Crippen LogP contribution in [0.4, 0.5) is 5.69 Å². The maximum Gasteiger partial charge on any atom is 0.298 e. The lowest BCUT2D eigenvalue weighted by atomic mass is 10.1. The van der Waals surface area contributed by atoms with E-state index in [2.05, 4.69) is 10.6 Å². The highest BCUT2D eigenvalue weighted by atomic mass is 32.2. The van der Waals surface area contributed by atoms with Crippen LogP contribution in [-0.2, 0) is 4.79 Å². The van der Waals surface area contributed by atoms with Crippen molar-refractivity contribution in [3.8, 4) is 17.4 Å². The highest BCUT2D eigenvalue weighted by Crippen LogP contribution is 2.24. The van der Waals surface area contributed by atoms with Gasteiger partial charge in [-0.1, -0.05) is 17.7 Å². The van der Waals surface area contributed by atoms with Crippen molar-refractivity contribution in [2.75, 3.05) is 18.2 Å². The number of amides is 1. The zero-order valence-corrected chi connectivity index (χ0v) is 16.0. The standard InChI is InChI=1S/C19H19N3O4S/c1-12-4-9-16(13(2)10-12)20-17(23)11-27-18-19(24)26-21-22(18)14-5-7-15(25-3)8-6-14/h4-10H,11H2,1-3H3,(H-,20,21,23,24). The molecule has 0 atom stereocenters. The van der Waals surface area contributed by atoms with Crippen LogP contribution in [0.1, 0.15) is 11.1 Å². The Morgan fingerprint density at radius 3 is 2.67 bits per heavy atom. The van der Waals surface area contributed by atoms with Crippen LogP contribution in [0.15, 0.2) is 52.0 Å². The number of hydrogen-bond acceptors (Lipinski definition) is 6. The average molecular weight is 385 g/mol. The number of nitrogens with zero attached hydrogens (tertiary/aromatic N) is 2. The molecule has 140 valence electrons. The fourth-order valence-electron chi connectivity index (χ4n) is 2.52. The van der Waals surface area contributed by atoms with Gasteiger partial charge in [-0.3, -0.25) is 4.79 Å². The minimum Gasteiger partial charge on any atom is -0.538 e. The molecule has 0 bridgehead atoms.